The topological polar surface area (TPSA) is 81.6 Å². The fourth-order valence-electron chi connectivity index (χ4n) is 2.67. The highest BCUT2D eigenvalue weighted by Gasteiger charge is 2.35. The van der Waals surface area contributed by atoms with Gasteiger partial charge in [-0.05, 0) is 31.5 Å². The van der Waals surface area contributed by atoms with Crippen LogP contribution >= 0.6 is 0 Å². The summed E-state index contributed by atoms with van der Waals surface area (Å²) in [4.78, 5) is 7.95. The van der Waals surface area contributed by atoms with Crippen LogP contribution in [0.3, 0.4) is 0 Å². The van der Waals surface area contributed by atoms with E-state index in [1.165, 1.54) is 17.5 Å². The Morgan fingerprint density at radius 3 is 2.84 bits per heavy atom. The lowest BCUT2D eigenvalue weighted by atomic mass is 10.3. The normalized spacial score (nSPS) is 18.3. The van der Waals surface area contributed by atoms with Crippen LogP contribution in [0.1, 0.15) is 12.2 Å². The third-order valence-corrected chi connectivity index (χ3v) is 5.78. The van der Waals surface area contributed by atoms with E-state index in [1.807, 2.05) is 0 Å². The Morgan fingerprint density at radius 2 is 2.12 bits per heavy atom. The van der Waals surface area contributed by atoms with Crippen molar-refractivity contribution in [3.63, 3.8) is 0 Å². The van der Waals surface area contributed by atoms with E-state index in [9.17, 15) is 12.8 Å². The van der Waals surface area contributed by atoms with Crippen molar-refractivity contribution in [2.45, 2.75) is 24.3 Å². The highest BCUT2D eigenvalue weighted by Crippen LogP contribution is 2.30. The summed E-state index contributed by atoms with van der Waals surface area (Å²) in [5.41, 5.74) is 0. The largest absolute Gasteiger partial charge is 0.495 e. The number of rotatable bonds is 5. The number of aromatic nitrogens is 2. The van der Waals surface area contributed by atoms with E-state index in [0.717, 1.165) is 12.1 Å². The van der Waals surface area contributed by atoms with E-state index >= 15 is 0 Å². The minimum Gasteiger partial charge on any atom is -0.495 e. The van der Waals surface area contributed by atoms with Crippen molar-refractivity contribution in [1.82, 2.24) is 14.3 Å². The molecule has 1 aliphatic rings. The van der Waals surface area contributed by atoms with Gasteiger partial charge in [0.05, 0.1) is 13.7 Å². The van der Waals surface area contributed by atoms with Crippen LogP contribution < -0.4 is 9.47 Å². The smallest absolute Gasteiger partial charge is 0.246 e. The van der Waals surface area contributed by atoms with Crippen molar-refractivity contribution in [1.29, 1.82) is 0 Å². The Hall–Kier alpha value is -2.26. The van der Waals surface area contributed by atoms with E-state index in [1.54, 1.807) is 19.2 Å². The molecule has 1 aromatic heterocycles. The van der Waals surface area contributed by atoms with Gasteiger partial charge >= 0.3 is 0 Å². The maximum Gasteiger partial charge on any atom is 0.246 e. The number of hydrogen-bond donors (Lipinski definition) is 0. The highest BCUT2D eigenvalue weighted by molar-refractivity contribution is 7.89. The van der Waals surface area contributed by atoms with E-state index in [2.05, 4.69) is 9.97 Å². The van der Waals surface area contributed by atoms with E-state index in [0.29, 0.717) is 18.1 Å². The molecule has 0 amide bonds. The molecule has 0 radical (unpaired) electrons. The first-order valence-electron chi connectivity index (χ1n) is 7.70. The van der Waals surface area contributed by atoms with Crippen molar-refractivity contribution in [2.75, 3.05) is 20.2 Å². The van der Waals surface area contributed by atoms with Crippen molar-refractivity contribution in [3.8, 4) is 11.6 Å². The predicted molar refractivity (Wildman–Crippen MR) is 87.5 cm³/mol. The molecule has 0 unspecified atom stereocenters. The minimum absolute atomic E-state index is 0.109. The number of ether oxygens (including phenoxy) is 2. The van der Waals surface area contributed by atoms with Gasteiger partial charge in [0.15, 0.2) is 0 Å². The molecule has 1 saturated heterocycles. The molecular formula is C16H18FN3O4S. The van der Waals surface area contributed by atoms with E-state index in [4.69, 9.17) is 9.47 Å². The van der Waals surface area contributed by atoms with Crippen LogP contribution in [-0.2, 0) is 10.0 Å². The summed E-state index contributed by atoms with van der Waals surface area (Å²) >= 11 is 0. The molecule has 3 rings (SSSR count). The number of halogens is 1. The predicted octanol–water partition coefficient (Wildman–Crippen LogP) is 1.77. The SMILES string of the molecule is COc1ccc(F)cc1S(=O)(=O)N1CC[C@@H](Oc2ccnc(C)n2)C1. The molecular weight excluding hydrogens is 349 g/mol. The molecule has 1 aromatic carbocycles. The summed E-state index contributed by atoms with van der Waals surface area (Å²) in [5, 5.41) is 0. The Kier molecular flexibility index (Phi) is 4.87. The quantitative estimate of drug-likeness (QED) is 0.801. The number of sulfonamides is 1. The molecule has 2 heterocycles. The monoisotopic (exact) mass is 367 g/mol. The second-order valence-corrected chi connectivity index (χ2v) is 7.54. The molecule has 9 heteroatoms. The zero-order valence-corrected chi connectivity index (χ0v) is 14.7. The zero-order chi connectivity index (χ0) is 18.0. The van der Waals surface area contributed by atoms with Gasteiger partial charge in [-0.25, -0.2) is 17.8 Å². The van der Waals surface area contributed by atoms with Crippen LogP contribution in [0.5, 0.6) is 11.6 Å². The van der Waals surface area contributed by atoms with Gasteiger partial charge in [-0.15, -0.1) is 0 Å². The summed E-state index contributed by atoms with van der Waals surface area (Å²) in [6.45, 7) is 2.18. The fraction of sp³-hybridized carbons (Fsp3) is 0.375. The molecule has 0 N–H and O–H groups in total. The minimum atomic E-state index is -3.88. The molecule has 0 saturated carbocycles. The average Bonchev–Trinajstić information content (AvgIpc) is 3.04. The van der Waals surface area contributed by atoms with Gasteiger partial charge in [-0.3, -0.25) is 0 Å². The summed E-state index contributed by atoms with van der Waals surface area (Å²) in [6.07, 6.45) is 1.77. The zero-order valence-electron chi connectivity index (χ0n) is 13.8. The molecule has 7 nitrogen and oxygen atoms in total. The second-order valence-electron chi connectivity index (χ2n) is 5.63. The summed E-state index contributed by atoms with van der Waals surface area (Å²) < 4.78 is 51.2. The van der Waals surface area contributed by atoms with Crippen LogP contribution in [0.2, 0.25) is 0 Å². The first-order chi connectivity index (χ1) is 11.9. The van der Waals surface area contributed by atoms with Crippen LogP contribution in [0, 0.1) is 12.7 Å². The summed E-state index contributed by atoms with van der Waals surface area (Å²) in [5.74, 6) is 0.449. The van der Waals surface area contributed by atoms with Gasteiger partial charge in [-0.2, -0.15) is 9.29 Å². The summed E-state index contributed by atoms with van der Waals surface area (Å²) in [7, 11) is -2.53. The van der Waals surface area contributed by atoms with Gasteiger partial charge in [0.2, 0.25) is 15.9 Å². The number of aryl methyl sites for hydroxylation is 1. The third-order valence-electron chi connectivity index (χ3n) is 3.89. The molecule has 25 heavy (non-hydrogen) atoms. The standard InChI is InChI=1S/C16H18FN3O4S/c1-11-18-7-5-16(19-11)24-13-6-8-20(10-13)25(21,22)15-9-12(17)3-4-14(15)23-2/h3-5,7,9,13H,6,8,10H2,1-2H3/t13-/m1/s1. The maximum absolute atomic E-state index is 13.5. The molecule has 1 aliphatic heterocycles. The van der Waals surface area contributed by atoms with E-state index in [-0.39, 0.29) is 29.8 Å². The Balaban J connectivity index is 1.78. The Labute approximate surface area is 145 Å². The molecule has 2 aromatic rings. The Morgan fingerprint density at radius 1 is 1.32 bits per heavy atom. The lowest BCUT2D eigenvalue weighted by Gasteiger charge is -2.18. The summed E-state index contributed by atoms with van der Waals surface area (Å²) in [6, 6.07) is 5.05. The van der Waals surface area contributed by atoms with Crippen molar-refractivity contribution >= 4 is 10.0 Å². The van der Waals surface area contributed by atoms with Gasteiger partial charge in [-0.1, -0.05) is 0 Å². The molecule has 0 bridgehead atoms. The van der Waals surface area contributed by atoms with Crippen LogP contribution in [0.25, 0.3) is 0 Å². The van der Waals surface area contributed by atoms with E-state index < -0.39 is 15.8 Å². The molecule has 1 atom stereocenters. The van der Waals surface area contributed by atoms with Gasteiger partial charge in [0.1, 0.15) is 28.4 Å². The van der Waals surface area contributed by atoms with Crippen molar-refractivity contribution in [2.24, 2.45) is 0 Å². The highest BCUT2D eigenvalue weighted by atomic mass is 32.2. The molecule has 134 valence electrons. The average molecular weight is 367 g/mol. The number of methoxy groups -OCH3 is 1. The van der Waals surface area contributed by atoms with Crippen LogP contribution in [0.4, 0.5) is 4.39 Å². The first kappa shape index (κ1) is 17.6. The van der Waals surface area contributed by atoms with Gasteiger partial charge in [0.25, 0.3) is 0 Å². The molecule has 0 aliphatic carbocycles. The van der Waals surface area contributed by atoms with Crippen LogP contribution in [0.15, 0.2) is 35.4 Å². The van der Waals surface area contributed by atoms with Crippen molar-refractivity contribution in [3.05, 3.63) is 42.1 Å². The maximum atomic E-state index is 13.5. The number of benzene rings is 1. The molecule has 1 fully saturated rings. The number of hydrogen-bond acceptors (Lipinski definition) is 6. The fourth-order valence-corrected chi connectivity index (χ4v) is 4.33. The van der Waals surface area contributed by atoms with Gasteiger partial charge < -0.3 is 9.47 Å². The lowest BCUT2D eigenvalue weighted by molar-refractivity contribution is 0.206. The number of nitrogens with zero attached hydrogens (tertiary/aromatic N) is 3. The lowest BCUT2D eigenvalue weighted by Crippen LogP contribution is -2.31. The third kappa shape index (κ3) is 3.72. The van der Waals surface area contributed by atoms with Crippen molar-refractivity contribution < 1.29 is 22.3 Å². The van der Waals surface area contributed by atoms with Crippen LogP contribution in [-0.4, -0.2) is 49.0 Å². The Bertz CT molecular complexity index is 875. The molecule has 0 spiro atoms. The second kappa shape index (κ2) is 6.93. The van der Waals surface area contributed by atoms with Gasteiger partial charge in [0, 0.05) is 18.8 Å². The first-order valence-corrected chi connectivity index (χ1v) is 9.14.